The summed E-state index contributed by atoms with van der Waals surface area (Å²) in [6, 6.07) is 29.2. The molecule has 0 radical (unpaired) electrons. The van der Waals surface area contributed by atoms with Crippen molar-refractivity contribution in [1.29, 1.82) is 0 Å². The quantitative estimate of drug-likeness (QED) is 0.124. The van der Waals surface area contributed by atoms with Crippen molar-refractivity contribution in [2.75, 3.05) is 20.8 Å². The topological polar surface area (TPSA) is 233 Å². The maximum absolute atomic E-state index is 12.8. The van der Waals surface area contributed by atoms with Crippen molar-refractivity contribution >= 4 is 70.9 Å². The Labute approximate surface area is 740 Å². The highest BCUT2D eigenvalue weighted by molar-refractivity contribution is 6.11. The molecule has 12 aliphatic carbocycles. The van der Waals surface area contributed by atoms with Crippen molar-refractivity contribution in [2.24, 2.45) is 142 Å². The van der Waals surface area contributed by atoms with E-state index in [1.54, 1.807) is 14.1 Å². The zero-order valence-corrected chi connectivity index (χ0v) is 72.5. The van der Waals surface area contributed by atoms with Gasteiger partial charge in [0.05, 0.1) is 77.6 Å². The van der Waals surface area contributed by atoms with Crippen LogP contribution in [0.3, 0.4) is 0 Å². The molecule has 12 bridgehead atoms. The molecule has 3 aromatic carbocycles. The Morgan fingerprint density at radius 1 is 0.282 bits per heavy atom. The van der Waals surface area contributed by atoms with Gasteiger partial charge in [0, 0.05) is 14.1 Å². The molecule has 18 aliphatic rings. The molecule has 12 fully saturated rings. The van der Waals surface area contributed by atoms with Crippen LogP contribution in [0.4, 0.5) is 0 Å². The van der Waals surface area contributed by atoms with E-state index < -0.39 is 0 Å². The fourth-order valence-corrected chi connectivity index (χ4v) is 21.0. The van der Waals surface area contributed by atoms with Gasteiger partial charge in [-0.15, -0.1) is 39.5 Å². The summed E-state index contributed by atoms with van der Waals surface area (Å²) in [6.45, 7) is 35.6. The van der Waals surface area contributed by atoms with Gasteiger partial charge in [0.2, 0.25) is 70.9 Å². The van der Waals surface area contributed by atoms with Crippen molar-refractivity contribution in [3.63, 3.8) is 0 Å². The molecule has 3 aromatic rings. The number of likely N-dealkylation sites (tertiary alicyclic amines) is 5. The predicted molar refractivity (Wildman–Crippen MR) is 494 cm³/mol. The van der Waals surface area contributed by atoms with Gasteiger partial charge in [-0.2, -0.15) is 0 Å². The van der Waals surface area contributed by atoms with Gasteiger partial charge >= 0.3 is 0 Å². The zero-order valence-electron chi connectivity index (χ0n) is 72.5. The number of aryl methyl sites for hydroxylation is 1. The second kappa shape index (κ2) is 46.4. The Morgan fingerprint density at radius 3 is 0.710 bits per heavy atom. The molecule has 6 saturated carbocycles. The number of allylic oxidation sites excluding steroid dienone is 18. The summed E-state index contributed by atoms with van der Waals surface area (Å²) in [6.07, 6.45) is 50.6. The van der Waals surface area contributed by atoms with Crippen LogP contribution in [0, 0.1) is 142 Å². The Kier molecular flexibility index (Phi) is 37.6. The smallest absolute Gasteiger partial charge is 0.235 e. The standard InChI is InChI=1S/C19H18N2O4.C18H19NO2.C13H12.2C10H11NO2.C9H9NO2.6C4H8.3CH4/c22-16-12-8-1-2-9(5-8)13(12)17(23)20(16)7-21-18(24)14-10-3-4-11(6-10)15(14)19(21)25;1-2-11-4-3-5-12(8-11)10-19-17(20)15-13-6-7-14(9-13)16(15)18(19)21;1-3-7-12(8-4-1)11-13-9-5-2-6-10-13;2*1-11-9(12)7-5-2-3-6(4-5)8(7)10(11)13;11-8-6-4-1-2-5(3-4)7(6)9(12)10-8;6*1-3-4-2;;;/h1-4,8-15H,5-7H2;3-8,13-16H,2,9-10H2,1H3;1-10H,11H2;2*2-3,5-8H,4H2,1H3;1-2,4-7H,3H2,(H,10,11,12);6*3H,1,4H2,2H3;3*1H4. The Bertz CT molecular complexity index is 4140. The van der Waals surface area contributed by atoms with Gasteiger partial charge in [-0.3, -0.25) is 87.4 Å². The van der Waals surface area contributed by atoms with E-state index in [0.29, 0.717) is 53.9 Å². The molecule has 21 rings (SSSR count). The number of nitrogens with zero attached hydrogens (tertiary/aromatic N) is 5. The van der Waals surface area contributed by atoms with E-state index in [-0.39, 0.29) is 195 Å². The number of hydrogen-bond acceptors (Lipinski definition) is 12. The number of amides is 12. The van der Waals surface area contributed by atoms with Gasteiger partial charge in [-0.1, -0.05) is 265 Å². The largest absolute Gasteiger partial charge is 0.296 e. The minimum absolute atomic E-state index is 0. The normalized spacial score (nSPS) is 32.0. The Morgan fingerprint density at radius 2 is 0.484 bits per heavy atom. The third-order valence-electron chi connectivity index (χ3n) is 27.2. The number of benzene rings is 3. The number of imide groups is 6. The van der Waals surface area contributed by atoms with Crippen molar-refractivity contribution in [2.45, 2.75) is 167 Å². The number of fused-ring (bicyclic) bond motifs is 30. The molecule has 6 saturated heterocycles. The van der Waals surface area contributed by atoms with E-state index in [9.17, 15) is 57.5 Å². The van der Waals surface area contributed by atoms with E-state index in [1.165, 1.54) is 41.2 Å². The van der Waals surface area contributed by atoms with Crippen LogP contribution in [-0.2, 0) is 76.9 Å². The molecule has 666 valence electrons. The molecule has 12 amide bonds. The van der Waals surface area contributed by atoms with Crippen LogP contribution in [0.5, 0.6) is 0 Å². The molecule has 0 spiro atoms. The summed E-state index contributed by atoms with van der Waals surface area (Å²) >= 11 is 0. The van der Waals surface area contributed by atoms with E-state index >= 15 is 0 Å². The van der Waals surface area contributed by atoms with Crippen molar-refractivity contribution in [1.82, 2.24) is 29.8 Å². The summed E-state index contributed by atoms with van der Waals surface area (Å²) in [5.74, 6) is 1.05. The number of carbonyl (C=O) groups is 12. The third-order valence-corrected chi connectivity index (χ3v) is 27.2. The lowest BCUT2D eigenvalue weighted by molar-refractivity contribution is -0.151. The van der Waals surface area contributed by atoms with E-state index in [0.717, 1.165) is 95.5 Å². The highest BCUT2D eigenvalue weighted by Gasteiger charge is 2.65. The summed E-state index contributed by atoms with van der Waals surface area (Å²) in [5, 5.41) is 2.40. The molecule has 18 heteroatoms. The molecule has 1 N–H and O–H groups in total. The van der Waals surface area contributed by atoms with Crippen LogP contribution >= 0.6 is 0 Å². The first-order valence-corrected chi connectivity index (χ1v) is 44.3. The first-order chi connectivity index (χ1) is 58.3. The average molecular weight is 1690 g/mol. The number of hydrogen-bond donors (Lipinski definition) is 1. The van der Waals surface area contributed by atoms with Crippen LogP contribution in [0.1, 0.15) is 170 Å². The summed E-state index contributed by atoms with van der Waals surface area (Å²) in [5.41, 5.74) is 5.03. The molecular weight excluding hydrogens is 1550 g/mol. The molecule has 18 nitrogen and oxygen atoms in total. The second-order valence-corrected chi connectivity index (χ2v) is 34.4. The second-order valence-electron chi connectivity index (χ2n) is 34.4. The van der Waals surface area contributed by atoms with Crippen LogP contribution < -0.4 is 5.32 Å². The van der Waals surface area contributed by atoms with Gasteiger partial charge in [0.25, 0.3) is 0 Å². The van der Waals surface area contributed by atoms with Crippen LogP contribution in [0.15, 0.2) is 234 Å². The highest BCUT2D eigenvalue weighted by Crippen LogP contribution is 2.58. The lowest BCUT2D eigenvalue weighted by atomic mass is 9.85. The average Bonchev–Trinajstić information content (AvgIpc) is 1.51. The summed E-state index contributed by atoms with van der Waals surface area (Å²) in [4.78, 5) is 152. The molecule has 6 heterocycles. The van der Waals surface area contributed by atoms with Crippen LogP contribution in [0.2, 0.25) is 0 Å². The minimum atomic E-state index is -0.285. The van der Waals surface area contributed by atoms with E-state index in [4.69, 9.17) is 0 Å². The van der Waals surface area contributed by atoms with Gasteiger partial charge in [0.1, 0.15) is 6.67 Å². The van der Waals surface area contributed by atoms with Gasteiger partial charge in [-0.25, -0.2) is 0 Å². The lowest BCUT2D eigenvalue weighted by Crippen LogP contribution is -2.46. The molecule has 24 unspecified atom stereocenters. The molecule has 6 aliphatic heterocycles. The first kappa shape index (κ1) is 100. The fourth-order valence-electron chi connectivity index (χ4n) is 21.0. The monoisotopic (exact) mass is 1690 g/mol. The lowest BCUT2D eigenvalue weighted by Gasteiger charge is -2.24. The van der Waals surface area contributed by atoms with E-state index in [2.05, 4.69) is 215 Å². The van der Waals surface area contributed by atoms with Crippen LogP contribution in [0.25, 0.3) is 0 Å². The summed E-state index contributed by atoms with van der Waals surface area (Å²) in [7, 11) is 3.20. The van der Waals surface area contributed by atoms with Crippen LogP contribution in [-0.4, -0.2) is 116 Å². The van der Waals surface area contributed by atoms with Gasteiger partial charge in [-0.05, 0) is 183 Å². The Hall–Kier alpha value is -10.6. The first-order valence-electron chi connectivity index (χ1n) is 44.3. The molecule has 124 heavy (non-hydrogen) atoms. The zero-order chi connectivity index (χ0) is 87.6. The Balaban J connectivity index is 0.000000196. The van der Waals surface area contributed by atoms with Crippen molar-refractivity contribution in [3.8, 4) is 0 Å². The fraction of sp³-hybridized carbons (Fsp3) is 0.491. The van der Waals surface area contributed by atoms with E-state index in [1.807, 2.05) is 72.9 Å². The van der Waals surface area contributed by atoms with Gasteiger partial charge in [0.15, 0.2) is 0 Å². The predicted octanol–water partition coefficient (Wildman–Crippen LogP) is 18.7. The minimum Gasteiger partial charge on any atom is -0.296 e. The SMILES string of the molecule is C.C.C.C=CCC.C=CCC.C=CCC.C=CCC.C=CCC.C=CCC.CCc1cccc(CN2C(=O)C3C4C=CC(C4)C3C2=O)c1.CN1C(=O)C2C3C=CC(C3)C2C1=O.CN1C(=O)C2C3C=CC(C3)C2C1=O.O=C1C2C3C=CC(C3)C2C(=O)N1CN1C(=O)C2C3C=CC(C3)C2C1=O.O=C1NC(=O)C2C3C=CC(C3)C12.c1ccc(Cc2ccccc2)cc1. The number of carbonyl (C=O) groups excluding carboxylic acids is 12. The maximum Gasteiger partial charge on any atom is 0.235 e. The maximum atomic E-state index is 12.8. The molecular formula is C106H140N6O12. The van der Waals surface area contributed by atoms with Gasteiger partial charge < -0.3 is 0 Å². The molecule has 24 atom stereocenters. The highest BCUT2D eigenvalue weighted by atomic mass is 16.2. The number of rotatable bonds is 13. The number of nitrogens with one attached hydrogen (secondary N) is 1. The molecule has 0 aromatic heterocycles. The van der Waals surface area contributed by atoms with Crippen molar-refractivity contribution < 1.29 is 57.5 Å². The summed E-state index contributed by atoms with van der Waals surface area (Å²) < 4.78 is 0. The van der Waals surface area contributed by atoms with Crippen molar-refractivity contribution in [3.05, 3.63) is 256 Å². The third kappa shape index (κ3) is 21.1.